The third-order valence-corrected chi connectivity index (χ3v) is 13.9. The molecule has 7 heteroatoms. The summed E-state index contributed by atoms with van der Waals surface area (Å²) in [6.45, 7) is 13.4. The topological polar surface area (TPSA) is 27.7 Å². The largest absolute Gasteiger partial charge is 0.476 e. The fourth-order valence-electron chi connectivity index (χ4n) is 2.44. The summed E-state index contributed by atoms with van der Waals surface area (Å²) in [5.41, 5.74) is 0.404. The summed E-state index contributed by atoms with van der Waals surface area (Å²) in [7, 11) is -5.97. The van der Waals surface area contributed by atoms with Crippen LogP contribution in [0, 0.1) is 0 Å². The molecular formula is C12H30O3Si4. The highest BCUT2D eigenvalue weighted by Gasteiger charge is 2.49. The van der Waals surface area contributed by atoms with Crippen molar-refractivity contribution < 1.29 is 12.3 Å². The monoisotopic (exact) mass is 334 g/mol. The standard InChI is InChI=1S/C12H30O3Si4/c1-16(2)13-19(14-17(3)4,15-18(5)6)12-10-8-7-9-11-12/h8,10,12,16-18H,7,9,11H2,1-6H3. The van der Waals surface area contributed by atoms with Gasteiger partial charge in [0.05, 0.1) is 0 Å². The molecule has 0 aromatic heterocycles. The molecule has 19 heavy (non-hydrogen) atoms. The number of hydrogen-bond donors (Lipinski definition) is 0. The first-order chi connectivity index (χ1) is 8.85. The van der Waals surface area contributed by atoms with Gasteiger partial charge in [-0.05, 0) is 58.5 Å². The Morgan fingerprint density at radius 3 is 1.68 bits per heavy atom. The highest BCUT2D eigenvalue weighted by molar-refractivity contribution is 6.81. The first kappa shape index (κ1) is 17.5. The summed E-state index contributed by atoms with van der Waals surface area (Å²) in [5, 5.41) is 0. The molecule has 1 aliphatic carbocycles. The van der Waals surface area contributed by atoms with E-state index in [0.717, 1.165) is 0 Å². The maximum absolute atomic E-state index is 6.45. The summed E-state index contributed by atoms with van der Waals surface area (Å²) >= 11 is 0. The maximum atomic E-state index is 6.45. The van der Waals surface area contributed by atoms with Crippen LogP contribution in [-0.2, 0) is 12.3 Å². The third-order valence-electron chi connectivity index (χ3n) is 2.91. The van der Waals surface area contributed by atoms with E-state index in [1.54, 1.807) is 0 Å². The maximum Gasteiger partial charge on any atom is 0.476 e. The molecule has 0 aromatic rings. The Morgan fingerprint density at radius 1 is 0.895 bits per heavy atom. The molecule has 1 atom stereocenters. The lowest BCUT2D eigenvalue weighted by Crippen LogP contribution is -2.56. The molecule has 0 saturated carbocycles. The van der Waals surface area contributed by atoms with Crippen LogP contribution in [0.25, 0.3) is 0 Å². The molecule has 0 radical (unpaired) electrons. The van der Waals surface area contributed by atoms with Gasteiger partial charge in [-0.1, -0.05) is 12.2 Å². The van der Waals surface area contributed by atoms with Crippen molar-refractivity contribution in [3.8, 4) is 0 Å². The van der Waals surface area contributed by atoms with E-state index >= 15 is 0 Å². The molecule has 0 fully saturated rings. The van der Waals surface area contributed by atoms with Crippen LogP contribution in [-0.4, -0.2) is 35.9 Å². The summed E-state index contributed by atoms with van der Waals surface area (Å²) in [6, 6.07) is 0. The molecule has 0 aliphatic heterocycles. The first-order valence-electron chi connectivity index (χ1n) is 7.56. The van der Waals surface area contributed by atoms with Crippen molar-refractivity contribution in [2.75, 3.05) is 0 Å². The normalized spacial score (nSPS) is 20.8. The molecule has 0 amide bonds. The van der Waals surface area contributed by atoms with Crippen LogP contribution in [0.3, 0.4) is 0 Å². The van der Waals surface area contributed by atoms with E-state index in [9.17, 15) is 0 Å². The molecule has 0 bridgehead atoms. The van der Waals surface area contributed by atoms with E-state index in [1.165, 1.54) is 19.3 Å². The predicted molar refractivity (Wildman–Crippen MR) is 92.4 cm³/mol. The second kappa shape index (κ2) is 8.06. The van der Waals surface area contributed by atoms with Crippen molar-refractivity contribution in [2.24, 2.45) is 0 Å². The summed E-state index contributed by atoms with van der Waals surface area (Å²) in [6.07, 6.45) is 8.22. The van der Waals surface area contributed by atoms with E-state index in [-0.39, 0.29) is 0 Å². The van der Waals surface area contributed by atoms with Crippen molar-refractivity contribution in [2.45, 2.75) is 64.1 Å². The lowest BCUT2D eigenvalue weighted by atomic mass is 10.1. The van der Waals surface area contributed by atoms with Crippen molar-refractivity contribution in [3.63, 3.8) is 0 Å². The second-order valence-electron chi connectivity index (χ2n) is 6.07. The molecule has 0 heterocycles. The number of hydrogen-bond acceptors (Lipinski definition) is 3. The molecule has 0 spiro atoms. The van der Waals surface area contributed by atoms with E-state index in [0.29, 0.717) is 5.54 Å². The van der Waals surface area contributed by atoms with Gasteiger partial charge >= 0.3 is 8.80 Å². The van der Waals surface area contributed by atoms with Crippen molar-refractivity contribution >= 4 is 35.9 Å². The van der Waals surface area contributed by atoms with Crippen molar-refractivity contribution in [1.29, 1.82) is 0 Å². The van der Waals surface area contributed by atoms with Crippen molar-refractivity contribution in [3.05, 3.63) is 12.2 Å². The average molecular weight is 335 g/mol. The van der Waals surface area contributed by atoms with Gasteiger partial charge in [-0.15, -0.1) is 0 Å². The average Bonchev–Trinajstić information content (AvgIpc) is 2.27. The first-order valence-corrected chi connectivity index (χ1v) is 17.7. The molecule has 0 N–H and O–H groups in total. The van der Waals surface area contributed by atoms with Crippen LogP contribution in [0.4, 0.5) is 0 Å². The van der Waals surface area contributed by atoms with Gasteiger partial charge in [-0.3, -0.25) is 0 Å². The van der Waals surface area contributed by atoms with Gasteiger partial charge < -0.3 is 12.3 Å². The Kier molecular flexibility index (Phi) is 7.44. The summed E-state index contributed by atoms with van der Waals surface area (Å²) in [5.74, 6) is 0. The van der Waals surface area contributed by atoms with Gasteiger partial charge in [0.25, 0.3) is 0 Å². The zero-order valence-corrected chi connectivity index (χ0v) is 17.8. The van der Waals surface area contributed by atoms with Crippen LogP contribution in [0.15, 0.2) is 12.2 Å². The Hall–Kier alpha value is 0.488. The fraction of sp³-hybridized carbons (Fsp3) is 0.833. The van der Waals surface area contributed by atoms with Gasteiger partial charge in [0.2, 0.25) is 0 Å². The van der Waals surface area contributed by atoms with Gasteiger partial charge in [0.15, 0.2) is 27.1 Å². The van der Waals surface area contributed by atoms with Crippen LogP contribution in [0.1, 0.15) is 19.3 Å². The lowest BCUT2D eigenvalue weighted by Gasteiger charge is -2.40. The smallest absolute Gasteiger partial charge is 0.419 e. The van der Waals surface area contributed by atoms with Gasteiger partial charge in [-0.2, -0.15) is 0 Å². The fourth-order valence-corrected chi connectivity index (χ4v) is 15.5. The van der Waals surface area contributed by atoms with Gasteiger partial charge in [0, 0.05) is 5.54 Å². The van der Waals surface area contributed by atoms with E-state index in [4.69, 9.17) is 12.3 Å². The summed E-state index contributed by atoms with van der Waals surface area (Å²) in [4.78, 5) is 0. The molecule has 1 unspecified atom stereocenters. The summed E-state index contributed by atoms with van der Waals surface area (Å²) < 4.78 is 19.4. The number of allylic oxidation sites excluding steroid dienone is 2. The predicted octanol–water partition coefficient (Wildman–Crippen LogP) is 3.04. The Balaban J connectivity index is 3.00. The minimum atomic E-state index is -2.49. The zero-order chi connectivity index (χ0) is 14.5. The highest BCUT2D eigenvalue weighted by Crippen LogP contribution is 2.36. The Labute approximate surface area is 124 Å². The molecule has 3 nitrogen and oxygen atoms in total. The quantitative estimate of drug-likeness (QED) is 0.529. The minimum absolute atomic E-state index is 0.404. The second-order valence-corrected chi connectivity index (χ2v) is 17.1. The van der Waals surface area contributed by atoms with Crippen molar-refractivity contribution in [1.82, 2.24) is 0 Å². The molecule has 0 aromatic carbocycles. The van der Waals surface area contributed by atoms with E-state index in [2.05, 4.69) is 51.4 Å². The van der Waals surface area contributed by atoms with Crippen LogP contribution >= 0.6 is 0 Å². The Bertz CT molecular complexity index is 268. The molecular weight excluding hydrogens is 304 g/mol. The molecule has 112 valence electrons. The van der Waals surface area contributed by atoms with E-state index < -0.39 is 35.9 Å². The van der Waals surface area contributed by atoms with Gasteiger partial charge in [-0.25, -0.2) is 0 Å². The van der Waals surface area contributed by atoms with E-state index in [1.807, 2.05) is 0 Å². The van der Waals surface area contributed by atoms with Crippen LogP contribution in [0.2, 0.25) is 44.8 Å². The zero-order valence-electron chi connectivity index (χ0n) is 13.3. The highest BCUT2D eigenvalue weighted by atomic mass is 28.5. The molecule has 1 rings (SSSR count). The molecule has 1 aliphatic rings. The minimum Gasteiger partial charge on any atom is -0.419 e. The SMILES string of the molecule is C[SiH](C)O[Si](O[SiH](C)C)(O[SiH](C)C)C1C=CCCC1. The third kappa shape index (κ3) is 5.78. The lowest BCUT2D eigenvalue weighted by molar-refractivity contribution is 0.253. The number of rotatable bonds is 7. The van der Waals surface area contributed by atoms with Gasteiger partial charge in [0.1, 0.15) is 0 Å². The molecule has 0 saturated heterocycles. The van der Waals surface area contributed by atoms with Crippen LogP contribution < -0.4 is 0 Å². The van der Waals surface area contributed by atoms with Crippen LogP contribution in [0.5, 0.6) is 0 Å². The Morgan fingerprint density at radius 2 is 1.37 bits per heavy atom.